The summed E-state index contributed by atoms with van der Waals surface area (Å²) < 4.78 is 0. The molecule has 0 aromatic carbocycles. The molecule has 2 saturated heterocycles. The number of piperidine rings is 1. The number of pyridine rings is 1. The van der Waals surface area contributed by atoms with Crippen molar-refractivity contribution in [3.63, 3.8) is 0 Å². The first-order valence-corrected chi connectivity index (χ1v) is 9.76. The lowest BCUT2D eigenvalue weighted by molar-refractivity contribution is -0.133. The van der Waals surface area contributed by atoms with Crippen molar-refractivity contribution in [2.24, 2.45) is 5.92 Å². The van der Waals surface area contributed by atoms with Crippen molar-refractivity contribution in [3.05, 3.63) is 29.0 Å². The largest absolute Gasteiger partial charge is 0.340 e. The molecule has 0 N–H and O–H groups in total. The first-order chi connectivity index (χ1) is 12.1. The maximum atomic E-state index is 12.4. The molecule has 1 aromatic heterocycles. The molecule has 0 bridgehead atoms. The Kier molecular flexibility index (Phi) is 6.68. The third kappa shape index (κ3) is 5.40. The Morgan fingerprint density at radius 3 is 2.84 bits per heavy atom. The van der Waals surface area contributed by atoms with Crippen LogP contribution in [0.5, 0.6) is 0 Å². The lowest BCUT2D eigenvalue weighted by Crippen LogP contribution is -2.47. The number of carbonyl (C=O) groups is 1. The summed E-state index contributed by atoms with van der Waals surface area (Å²) >= 11 is 6.24. The number of piperazine rings is 1. The van der Waals surface area contributed by atoms with Crippen molar-refractivity contribution >= 4 is 17.5 Å². The van der Waals surface area contributed by atoms with Gasteiger partial charge in [0, 0.05) is 58.1 Å². The molecule has 1 atom stereocenters. The van der Waals surface area contributed by atoms with Crippen molar-refractivity contribution < 1.29 is 4.79 Å². The van der Waals surface area contributed by atoms with Crippen LogP contribution >= 0.6 is 11.6 Å². The van der Waals surface area contributed by atoms with E-state index in [0.717, 1.165) is 62.8 Å². The first kappa shape index (κ1) is 18.6. The molecule has 0 saturated carbocycles. The van der Waals surface area contributed by atoms with Crippen molar-refractivity contribution in [2.45, 2.75) is 32.2 Å². The van der Waals surface area contributed by atoms with Crippen LogP contribution in [0.4, 0.5) is 0 Å². The minimum atomic E-state index is 0.336. The van der Waals surface area contributed by atoms with E-state index >= 15 is 0 Å². The molecule has 1 amide bonds. The van der Waals surface area contributed by atoms with E-state index in [0.29, 0.717) is 18.2 Å². The van der Waals surface area contributed by atoms with Crippen LogP contribution in [0.3, 0.4) is 0 Å². The summed E-state index contributed by atoms with van der Waals surface area (Å²) in [6.45, 7) is 6.81. The van der Waals surface area contributed by atoms with E-state index in [-0.39, 0.29) is 0 Å². The molecule has 2 fully saturated rings. The van der Waals surface area contributed by atoms with Gasteiger partial charge in [0.15, 0.2) is 0 Å². The molecule has 6 heteroatoms. The zero-order valence-electron chi connectivity index (χ0n) is 15.2. The van der Waals surface area contributed by atoms with Gasteiger partial charge in [-0.25, -0.2) is 0 Å². The molecule has 3 rings (SSSR count). The summed E-state index contributed by atoms with van der Waals surface area (Å²) in [7, 11) is 2.12. The Balaban J connectivity index is 1.44. The Labute approximate surface area is 155 Å². The summed E-state index contributed by atoms with van der Waals surface area (Å²) in [5, 5.41) is 0.745. The van der Waals surface area contributed by atoms with Gasteiger partial charge in [0.1, 0.15) is 0 Å². The summed E-state index contributed by atoms with van der Waals surface area (Å²) in [5.41, 5.74) is 1.14. The number of aromatic nitrogens is 1. The molecule has 0 unspecified atom stereocenters. The lowest BCUT2D eigenvalue weighted by Gasteiger charge is -2.34. The van der Waals surface area contributed by atoms with E-state index in [9.17, 15) is 4.79 Å². The summed E-state index contributed by atoms with van der Waals surface area (Å²) in [6.07, 6.45) is 7.65. The van der Waals surface area contributed by atoms with Crippen LogP contribution in [-0.4, -0.2) is 71.9 Å². The van der Waals surface area contributed by atoms with Gasteiger partial charge in [-0.15, -0.1) is 0 Å². The highest BCUT2D eigenvalue weighted by Gasteiger charge is 2.23. The van der Waals surface area contributed by atoms with Crippen LogP contribution in [-0.2, 0) is 11.3 Å². The molecular formula is C19H29ClN4O. The predicted octanol–water partition coefficient (Wildman–Crippen LogP) is 2.50. The highest BCUT2D eigenvalue weighted by molar-refractivity contribution is 6.31. The third-order valence-corrected chi connectivity index (χ3v) is 5.82. The molecular weight excluding hydrogens is 336 g/mol. The number of amides is 1. The summed E-state index contributed by atoms with van der Waals surface area (Å²) in [4.78, 5) is 23.3. The van der Waals surface area contributed by atoms with Gasteiger partial charge in [0.25, 0.3) is 0 Å². The highest BCUT2D eigenvalue weighted by atomic mass is 35.5. The average molecular weight is 365 g/mol. The van der Waals surface area contributed by atoms with Gasteiger partial charge < -0.3 is 9.80 Å². The SMILES string of the molecule is CN1CCN(C(=O)CC[C@@H]2CCCN(Cc3ccncc3Cl)C2)CC1. The summed E-state index contributed by atoms with van der Waals surface area (Å²) in [5.74, 6) is 0.952. The fourth-order valence-electron chi connectivity index (χ4n) is 3.85. The van der Waals surface area contributed by atoms with Crippen LogP contribution < -0.4 is 0 Å². The van der Waals surface area contributed by atoms with Crippen LogP contribution in [0.2, 0.25) is 5.02 Å². The van der Waals surface area contributed by atoms with Crippen LogP contribution in [0.25, 0.3) is 0 Å². The molecule has 138 valence electrons. The minimum Gasteiger partial charge on any atom is -0.340 e. The van der Waals surface area contributed by atoms with Crippen molar-refractivity contribution in [2.75, 3.05) is 46.3 Å². The second kappa shape index (κ2) is 8.97. The van der Waals surface area contributed by atoms with E-state index in [1.54, 1.807) is 12.4 Å². The van der Waals surface area contributed by atoms with Crippen molar-refractivity contribution in [1.29, 1.82) is 0 Å². The fraction of sp³-hybridized carbons (Fsp3) is 0.684. The fourth-order valence-corrected chi connectivity index (χ4v) is 4.02. The number of likely N-dealkylation sites (tertiary alicyclic amines) is 1. The zero-order chi connectivity index (χ0) is 17.6. The van der Waals surface area contributed by atoms with Gasteiger partial charge in [-0.3, -0.25) is 14.7 Å². The normalized spacial score (nSPS) is 23.0. The monoisotopic (exact) mass is 364 g/mol. The van der Waals surface area contributed by atoms with Crippen molar-refractivity contribution in [3.8, 4) is 0 Å². The van der Waals surface area contributed by atoms with Gasteiger partial charge >= 0.3 is 0 Å². The smallest absolute Gasteiger partial charge is 0.222 e. The molecule has 0 aliphatic carbocycles. The van der Waals surface area contributed by atoms with Crippen LogP contribution in [0, 0.1) is 5.92 Å². The molecule has 3 heterocycles. The third-order valence-electron chi connectivity index (χ3n) is 5.48. The molecule has 0 radical (unpaired) electrons. The van der Waals surface area contributed by atoms with Gasteiger partial charge in [-0.05, 0) is 50.4 Å². The van der Waals surface area contributed by atoms with E-state index in [4.69, 9.17) is 11.6 Å². The quantitative estimate of drug-likeness (QED) is 0.804. The van der Waals surface area contributed by atoms with Gasteiger partial charge in [0.2, 0.25) is 5.91 Å². The number of rotatable bonds is 5. The predicted molar refractivity (Wildman–Crippen MR) is 101 cm³/mol. The maximum Gasteiger partial charge on any atom is 0.222 e. The topological polar surface area (TPSA) is 39.7 Å². The first-order valence-electron chi connectivity index (χ1n) is 9.39. The second-order valence-electron chi connectivity index (χ2n) is 7.43. The molecule has 5 nitrogen and oxygen atoms in total. The highest BCUT2D eigenvalue weighted by Crippen LogP contribution is 2.24. The van der Waals surface area contributed by atoms with E-state index in [1.807, 2.05) is 11.0 Å². The van der Waals surface area contributed by atoms with E-state index < -0.39 is 0 Å². The standard InChI is InChI=1S/C19H29ClN4O/c1-22-9-11-24(12-10-22)19(25)5-4-16-3-2-8-23(14-16)15-17-6-7-21-13-18(17)20/h6-7,13,16H,2-5,8-12,14-15H2,1H3/t16-/m0/s1. The summed E-state index contributed by atoms with van der Waals surface area (Å²) in [6, 6.07) is 2.00. The molecule has 25 heavy (non-hydrogen) atoms. The minimum absolute atomic E-state index is 0.336. The zero-order valence-corrected chi connectivity index (χ0v) is 15.9. The maximum absolute atomic E-state index is 12.4. The van der Waals surface area contributed by atoms with Crippen LogP contribution in [0.1, 0.15) is 31.2 Å². The number of hydrogen-bond donors (Lipinski definition) is 0. The Bertz CT molecular complexity index is 574. The number of hydrogen-bond acceptors (Lipinski definition) is 4. The molecule has 2 aliphatic heterocycles. The van der Waals surface area contributed by atoms with Gasteiger partial charge in [-0.1, -0.05) is 11.6 Å². The van der Waals surface area contributed by atoms with E-state index in [2.05, 4.69) is 21.8 Å². The molecule has 1 aromatic rings. The number of carbonyl (C=O) groups excluding carboxylic acids is 1. The number of likely N-dealkylation sites (N-methyl/N-ethyl adjacent to an activating group) is 1. The Morgan fingerprint density at radius 2 is 2.08 bits per heavy atom. The lowest BCUT2D eigenvalue weighted by atomic mass is 9.93. The van der Waals surface area contributed by atoms with Crippen molar-refractivity contribution in [1.82, 2.24) is 19.7 Å². The Hall–Kier alpha value is -1.17. The number of nitrogens with zero attached hydrogens (tertiary/aromatic N) is 4. The van der Waals surface area contributed by atoms with Crippen LogP contribution in [0.15, 0.2) is 18.5 Å². The number of halogens is 1. The van der Waals surface area contributed by atoms with Gasteiger partial charge in [-0.2, -0.15) is 0 Å². The van der Waals surface area contributed by atoms with E-state index in [1.165, 1.54) is 12.8 Å². The Morgan fingerprint density at radius 1 is 1.28 bits per heavy atom. The second-order valence-corrected chi connectivity index (χ2v) is 7.84. The average Bonchev–Trinajstić information content (AvgIpc) is 2.63. The molecule has 0 spiro atoms. The van der Waals surface area contributed by atoms with Gasteiger partial charge in [0.05, 0.1) is 5.02 Å². The molecule has 2 aliphatic rings.